The van der Waals surface area contributed by atoms with Gasteiger partial charge < -0.3 is 4.57 Å². The van der Waals surface area contributed by atoms with E-state index in [2.05, 4.69) is 34.0 Å². The fourth-order valence-corrected chi connectivity index (χ4v) is 4.04. The van der Waals surface area contributed by atoms with Gasteiger partial charge in [0.1, 0.15) is 5.82 Å². The molecule has 0 bridgehead atoms. The van der Waals surface area contributed by atoms with Gasteiger partial charge in [-0.15, -0.1) is 22.9 Å². The first-order valence-corrected chi connectivity index (χ1v) is 8.80. The van der Waals surface area contributed by atoms with Crippen LogP contribution in [-0.4, -0.2) is 9.55 Å². The molecule has 0 aliphatic rings. The molecule has 110 valence electrons. The van der Waals surface area contributed by atoms with Crippen LogP contribution < -0.4 is 0 Å². The summed E-state index contributed by atoms with van der Waals surface area (Å²) in [5.41, 5.74) is 1.90. The van der Waals surface area contributed by atoms with Gasteiger partial charge in [0.15, 0.2) is 0 Å². The van der Waals surface area contributed by atoms with Crippen molar-refractivity contribution >= 4 is 45.6 Å². The van der Waals surface area contributed by atoms with Crippen LogP contribution in [0.1, 0.15) is 36.5 Å². The third-order valence-corrected chi connectivity index (χ3v) is 5.12. The van der Waals surface area contributed by atoms with Gasteiger partial charge in [-0.2, -0.15) is 0 Å². The summed E-state index contributed by atoms with van der Waals surface area (Å²) in [6, 6.07) is 10.3. The van der Waals surface area contributed by atoms with Crippen LogP contribution in [0.25, 0.3) is 11.0 Å². The molecule has 0 spiro atoms. The second-order valence-corrected chi connectivity index (χ2v) is 6.61. The van der Waals surface area contributed by atoms with Gasteiger partial charge >= 0.3 is 0 Å². The fourth-order valence-electron chi connectivity index (χ4n) is 2.74. The summed E-state index contributed by atoms with van der Waals surface area (Å²) < 4.78 is 2.22. The second-order valence-electron chi connectivity index (χ2n) is 4.96. The van der Waals surface area contributed by atoms with Crippen molar-refractivity contribution in [2.45, 2.75) is 31.7 Å². The maximum absolute atomic E-state index is 6.44. The quantitative estimate of drug-likeness (QED) is 0.531. The molecule has 2 heterocycles. The highest BCUT2D eigenvalue weighted by Gasteiger charge is 2.22. The van der Waals surface area contributed by atoms with Crippen LogP contribution in [0.4, 0.5) is 0 Å². The predicted molar refractivity (Wildman–Crippen MR) is 91.7 cm³/mol. The van der Waals surface area contributed by atoms with E-state index in [1.807, 2.05) is 18.2 Å². The van der Waals surface area contributed by atoms with Crippen LogP contribution in [0.2, 0.25) is 5.02 Å². The van der Waals surface area contributed by atoms with Gasteiger partial charge in [0.25, 0.3) is 0 Å². The van der Waals surface area contributed by atoms with Crippen LogP contribution in [-0.2, 0) is 5.88 Å². The van der Waals surface area contributed by atoms with Gasteiger partial charge in [-0.3, -0.25) is 0 Å². The fraction of sp³-hybridized carbons (Fsp3) is 0.312. The summed E-state index contributed by atoms with van der Waals surface area (Å²) in [4.78, 5) is 5.98. The minimum absolute atomic E-state index is 0.244. The lowest BCUT2D eigenvalue weighted by Gasteiger charge is -2.20. The number of para-hydroxylation sites is 1. The molecule has 2 aromatic heterocycles. The number of alkyl halides is 1. The van der Waals surface area contributed by atoms with Crippen molar-refractivity contribution in [3.05, 3.63) is 51.4 Å². The van der Waals surface area contributed by atoms with Crippen molar-refractivity contribution in [3.63, 3.8) is 0 Å². The molecule has 2 nitrogen and oxygen atoms in total. The first-order valence-electron chi connectivity index (χ1n) is 7.01. The number of nitrogens with zero attached hydrogens (tertiary/aromatic N) is 2. The van der Waals surface area contributed by atoms with Crippen LogP contribution in [0, 0.1) is 0 Å². The van der Waals surface area contributed by atoms with Crippen molar-refractivity contribution in [1.82, 2.24) is 9.55 Å². The normalized spacial score (nSPS) is 12.9. The maximum atomic E-state index is 6.44. The Balaban J connectivity index is 2.25. The maximum Gasteiger partial charge on any atom is 0.125 e. The average molecular weight is 339 g/mol. The van der Waals surface area contributed by atoms with E-state index in [4.69, 9.17) is 23.2 Å². The first kappa shape index (κ1) is 14.9. The summed E-state index contributed by atoms with van der Waals surface area (Å²) in [5, 5.41) is 2.84. The highest BCUT2D eigenvalue weighted by atomic mass is 35.5. The van der Waals surface area contributed by atoms with E-state index < -0.39 is 0 Å². The van der Waals surface area contributed by atoms with Gasteiger partial charge in [-0.05, 0) is 30.0 Å². The molecule has 0 saturated heterocycles. The Kier molecular flexibility index (Phi) is 4.53. The zero-order valence-electron chi connectivity index (χ0n) is 11.7. The van der Waals surface area contributed by atoms with Crippen LogP contribution in [0.3, 0.4) is 0 Å². The molecule has 0 fully saturated rings. The Labute approximate surface area is 138 Å². The summed E-state index contributed by atoms with van der Waals surface area (Å²) in [6.07, 6.45) is 2.13. The molecule has 1 unspecified atom stereocenters. The monoisotopic (exact) mass is 338 g/mol. The number of aromatic nitrogens is 2. The molecule has 1 atom stereocenters. The lowest BCUT2D eigenvalue weighted by atomic mass is 10.1. The van der Waals surface area contributed by atoms with Crippen LogP contribution in [0.5, 0.6) is 0 Å². The van der Waals surface area contributed by atoms with Gasteiger partial charge in [0.2, 0.25) is 0 Å². The van der Waals surface area contributed by atoms with Crippen molar-refractivity contribution in [3.8, 4) is 0 Å². The van der Waals surface area contributed by atoms with Crippen LogP contribution in [0.15, 0.2) is 35.7 Å². The topological polar surface area (TPSA) is 17.8 Å². The Morgan fingerprint density at radius 2 is 2.14 bits per heavy atom. The molecule has 21 heavy (non-hydrogen) atoms. The van der Waals surface area contributed by atoms with Crippen LogP contribution >= 0.6 is 34.5 Å². The molecule has 3 rings (SSSR count). The molecule has 0 saturated carbocycles. The Bertz CT molecular complexity index is 734. The third kappa shape index (κ3) is 2.70. The van der Waals surface area contributed by atoms with E-state index in [0.29, 0.717) is 5.88 Å². The van der Waals surface area contributed by atoms with E-state index in [0.717, 1.165) is 34.7 Å². The van der Waals surface area contributed by atoms with Crippen molar-refractivity contribution in [2.24, 2.45) is 0 Å². The van der Waals surface area contributed by atoms with Crippen molar-refractivity contribution in [1.29, 1.82) is 0 Å². The Morgan fingerprint density at radius 3 is 2.81 bits per heavy atom. The molecule has 3 aromatic rings. The average Bonchev–Trinajstić information content (AvgIpc) is 3.13. The van der Waals surface area contributed by atoms with Crippen molar-refractivity contribution < 1.29 is 0 Å². The number of hydrogen-bond acceptors (Lipinski definition) is 2. The number of thiophene rings is 1. The van der Waals surface area contributed by atoms with Crippen molar-refractivity contribution in [2.75, 3.05) is 0 Å². The van der Waals surface area contributed by atoms with E-state index in [1.165, 1.54) is 4.88 Å². The zero-order valence-corrected chi connectivity index (χ0v) is 14.0. The van der Waals surface area contributed by atoms with Gasteiger partial charge in [-0.1, -0.05) is 37.1 Å². The van der Waals surface area contributed by atoms with Gasteiger partial charge in [-0.25, -0.2) is 4.98 Å². The SMILES string of the molecule is CCCC(c1cccs1)n1c(CCl)nc2cccc(Cl)c21. The molecular formula is C16H16Cl2N2S. The molecule has 0 aliphatic heterocycles. The van der Waals surface area contributed by atoms with Gasteiger partial charge in [0.05, 0.1) is 28.0 Å². The minimum atomic E-state index is 0.244. The summed E-state index contributed by atoms with van der Waals surface area (Å²) >= 11 is 14.3. The summed E-state index contributed by atoms with van der Waals surface area (Å²) in [6.45, 7) is 2.20. The molecule has 0 radical (unpaired) electrons. The molecule has 5 heteroatoms. The third-order valence-electron chi connectivity index (χ3n) is 3.60. The molecule has 1 aromatic carbocycles. The predicted octanol–water partition coefficient (Wildman–Crippen LogP) is 5.88. The number of rotatable bonds is 5. The van der Waals surface area contributed by atoms with E-state index in [9.17, 15) is 0 Å². The van der Waals surface area contributed by atoms with E-state index >= 15 is 0 Å². The summed E-state index contributed by atoms with van der Waals surface area (Å²) in [5.74, 6) is 1.27. The van der Waals surface area contributed by atoms with E-state index in [1.54, 1.807) is 11.3 Å². The first-order chi connectivity index (χ1) is 10.3. The molecule has 0 aliphatic carbocycles. The Hall–Kier alpha value is -1.03. The number of fused-ring (bicyclic) bond motifs is 1. The molecule has 0 N–H and O–H groups in total. The standard InChI is InChI=1S/C16H16Cl2N2S/c1-2-5-13(14-8-4-9-21-14)20-15(10-17)19-12-7-3-6-11(18)16(12)20/h3-4,6-9,13H,2,5,10H2,1H3. The van der Waals surface area contributed by atoms with Gasteiger partial charge in [0, 0.05) is 4.88 Å². The largest absolute Gasteiger partial charge is 0.317 e. The smallest absolute Gasteiger partial charge is 0.125 e. The molecular weight excluding hydrogens is 323 g/mol. The highest BCUT2D eigenvalue weighted by molar-refractivity contribution is 7.10. The number of hydrogen-bond donors (Lipinski definition) is 0. The zero-order chi connectivity index (χ0) is 14.8. The lowest BCUT2D eigenvalue weighted by molar-refractivity contribution is 0.540. The molecule has 0 amide bonds. The number of benzene rings is 1. The lowest BCUT2D eigenvalue weighted by Crippen LogP contribution is -2.12. The highest BCUT2D eigenvalue weighted by Crippen LogP contribution is 2.35. The number of halogens is 2. The summed E-state index contributed by atoms with van der Waals surface area (Å²) in [7, 11) is 0. The second kappa shape index (κ2) is 6.39. The van der Waals surface area contributed by atoms with E-state index in [-0.39, 0.29) is 6.04 Å². The number of imidazole rings is 1. The Morgan fingerprint density at radius 1 is 1.29 bits per heavy atom. The minimum Gasteiger partial charge on any atom is -0.317 e.